The Morgan fingerprint density at radius 2 is 2.16 bits per heavy atom. The highest BCUT2D eigenvalue weighted by atomic mass is 32.2. The van der Waals surface area contributed by atoms with Crippen LogP contribution in [0.4, 0.5) is 0 Å². The van der Waals surface area contributed by atoms with E-state index in [0.29, 0.717) is 6.04 Å². The summed E-state index contributed by atoms with van der Waals surface area (Å²) in [6.45, 7) is 7.09. The zero-order valence-electron chi connectivity index (χ0n) is 12.0. The van der Waals surface area contributed by atoms with Gasteiger partial charge in [0.1, 0.15) is 0 Å². The van der Waals surface area contributed by atoms with Crippen molar-refractivity contribution in [1.82, 2.24) is 10.2 Å². The number of nitrogens with one attached hydrogen (secondary N) is 1. The Hall–Kier alpha value is -0.510. The largest absolute Gasteiger partial charge is 0.312 e. The summed E-state index contributed by atoms with van der Waals surface area (Å²) in [5, 5.41) is 3.70. The van der Waals surface area contributed by atoms with Crippen molar-refractivity contribution in [3.63, 3.8) is 0 Å². The third-order valence-corrected chi connectivity index (χ3v) is 4.52. The molecule has 0 saturated carbocycles. The molecule has 19 heavy (non-hydrogen) atoms. The van der Waals surface area contributed by atoms with Crippen LogP contribution >= 0.6 is 11.8 Å². The topological polar surface area (TPSA) is 15.3 Å². The maximum atomic E-state index is 3.70. The number of benzene rings is 1. The van der Waals surface area contributed by atoms with Crippen LogP contribution in [0, 0.1) is 0 Å². The molecule has 0 radical (unpaired) electrons. The number of hydrogen-bond acceptors (Lipinski definition) is 3. The van der Waals surface area contributed by atoms with E-state index >= 15 is 0 Å². The second-order valence-corrected chi connectivity index (χ2v) is 6.59. The van der Waals surface area contributed by atoms with E-state index in [4.69, 9.17) is 0 Å². The molecule has 1 atom stereocenters. The van der Waals surface area contributed by atoms with E-state index in [1.807, 2.05) is 0 Å². The highest BCUT2D eigenvalue weighted by molar-refractivity contribution is 7.99. The van der Waals surface area contributed by atoms with Crippen molar-refractivity contribution in [3.05, 3.63) is 35.9 Å². The van der Waals surface area contributed by atoms with Crippen LogP contribution in [0.3, 0.4) is 0 Å². The lowest BCUT2D eigenvalue weighted by molar-refractivity contribution is 0.283. The number of hydrogen-bond donors (Lipinski definition) is 1. The summed E-state index contributed by atoms with van der Waals surface area (Å²) >= 11 is 2.05. The number of nitrogens with zero attached hydrogens (tertiary/aromatic N) is 1. The molecule has 1 fully saturated rings. The van der Waals surface area contributed by atoms with E-state index in [1.54, 1.807) is 0 Å². The van der Waals surface area contributed by atoms with Crippen molar-refractivity contribution in [1.29, 1.82) is 0 Å². The molecule has 2 rings (SSSR count). The first kappa shape index (κ1) is 14.9. The first-order chi connectivity index (χ1) is 9.38. The van der Waals surface area contributed by atoms with Crippen LogP contribution in [0.2, 0.25) is 0 Å². The maximum Gasteiger partial charge on any atom is 0.0235 e. The molecule has 1 heterocycles. The summed E-state index contributed by atoms with van der Waals surface area (Å²) in [4.78, 5) is 2.64. The first-order valence-electron chi connectivity index (χ1n) is 7.46. The monoisotopic (exact) mass is 278 g/mol. The zero-order chi connectivity index (χ0) is 13.3. The van der Waals surface area contributed by atoms with Gasteiger partial charge in [-0.3, -0.25) is 0 Å². The first-order valence-corrected chi connectivity index (χ1v) is 8.61. The van der Waals surface area contributed by atoms with Gasteiger partial charge in [0.2, 0.25) is 0 Å². The van der Waals surface area contributed by atoms with Gasteiger partial charge < -0.3 is 10.2 Å². The predicted molar refractivity (Wildman–Crippen MR) is 86.0 cm³/mol. The fraction of sp³-hybridized carbons (Fsp3) is 0.625. The minimum absolute atomic E-state index is 0.608. The van der Waals surface area contributed by atoms with Gasteiger partial charge in [-0.15, -0.1) is 0 Å². The van der Waals surface area contributed by atoms with Crippen molar-refractivity contribution in [2.24, 2.45) is 0 Å². The van der Waals surface area contributed by atoms with Gasteiger partial charge in [-0.25, -0.2) is 0 Å². The van der Waals surface area contributed by atoms with Crippen LogP contribution < -0.4 is 5.32 Å². The summed E-state index contributed by atoms with van der Waals surface area (Å²) in [5.41, 5.74) is 1.45. The Kier molecular flexibility index (Phi) is 6.75. The minimum atomic E-state index is 0.608. The summed E-state index contributed by atoms with van der Waals surface area (Å²) in [6, 6.07) is 11.5. The minimum Gasteiger partial charge on any atom is -0.312 e. The molecule has 0 bridgehead atoms. The van der Waals surface area contributed by atoms with Gasteiger partial charge in [-0.2, -0.15) is 11.8 Å². The molecule has 1 unspecified atom stereocenters. The van der Waals surface area contributed by atoms with E-state index in [2.05, 4.69) is 59.2 Å². The quantitative estimate of drug-likeness (QED) is 0.805. The molecule has 3 heteroatoms. The molecule has 1 saturated heterocycles. The molecule has 0 aliphatic carbocycles. The zero-order valence-corrected chi connectivity index (χ0v) is 12.8. The third-order valence-electron chi connectivity index (χ3n) is 3.64. The van der Waals surface area contributed by atoms with Crippen molar-refractivity contribution < 1.29 is 0 Å². The molecule has 0 amide bonds. The molecule has 1 aromatic rings. The van der Waals surface area contributed by atoms with Crippen LogP contribution in [-0.4, -0.2) is 48.6 Å². The van der Waals surface area contributed by atoms with E-state index in [9.17, 15) is 0 Å². The van der Waals surface area contributed by atoms with Crippen LogP contribution in [0.5, 0.6) is 0 Å². The second-order valence-electron chi connectivity index (χ2n) is 5.19. The SMILES string of the molecule is CCSCCN1CCCNC(Cc2ccccc2)C1. The van der Waals surface area contributed by atoms with Crippen molar-refractivity contribution >= 4 is 11.8 Å². The molecule has 0 spiro atoms. The van der Waals surface area contributed by atoms with Gasteiger partial charge in [0.25, 0.3) is 0 Å². The van der Waals surface area contributed by atoms with Crippen LogP contribution in [-0.2, 0) is 6.42 Å². The fourth-order valence-corrected chi connectivity index (χ4v) is 3.33. The van der Waals surface area contributed by atoms with Gasteiger partial charge in [0, 0.05) is 24.9 Å². The molecule has 0 aromatic heterocycles. The standard InChI is InChI=1S/C16H26N2S/c1-2-19-12-11-18-10-6-9-17-16(14-18)13-15-7-4-3-5-8-15/h3-5,7-8,16-17H,2,6,9-14H2,1H3. The predicted octanol–water partition coefficient (Wildman–Crippen LogP) is 2.65. The maximum absolute atomic E-state index is 3.70. The summed E-state index contributed by atoms with van der Waals surface area (Å²) in [5.74, 6) is 2.51. The lowest BCUT2D eigenvalue weighted by Crippen LogP contribution is -2.40. The van der Waals surface area contributed by atoms with Crippen LogP contribution in [0.25, 0.3) is 0 Å². The van der Waals surface area contributed by atoms with E-state index in [1.165, 1.54) is 43.1 Å². The Labute approximate surface area is 122 Å². The molecule has 1 aliphatic rings. The average molecular weight is 278 g/mol. The molecular weight excluding hydrogens is 252 g/mol. The Balaban J connectivity index is 1.82. The van der Waals surface area contributed by atoms with Crippen LogP contribution in [0.1, 0.15) is 18.9 Å². The van der Waals surface area contributed by atoms with Crippen molar-refractivity contribution in [2.45, 2.75) is 25.8 Å². The van der Waals surface area contributed by atoms with E-state index in [-0.39, 0.29) is 0 Å². The van der Waals surface area contributed by atoms with Gasteiger partial charge >= 0.3 is 0 Å². The third kappa shape index (κ3) is 5.55. The molecule has 2 nitrogen and oxygen atoms in total. The molecule has 1 aromatic carbocycles. The molecular formula is C16H26N2S. The van der Waals surface area contributed by atoms with Crippen molar-refractivity contribution in [3.8, 4) is 0 Å². The smallest absolute Gasteiger partial charge is 0.0235 e. The highest BCUT2D eigenvalue weighted by Gasteiger charge is 2.17. The second kappa shape index (κ2) is 8.62. The van der Waals surface area contributed by atoms with Crippen molar-refractivity contribution in [2.75, 3.05) is 37.7 Å². The summed E-state index contributed by atoms with van der Waals surface area (Å²) < 4.78 is 0. The number of thioether (sulfide) groups is 1. The lowest BCUT2D eigenvalue weighted by atomic mass is 10.1. The molecule has 1 aliphatic heterocycles. The van der Waals surface area contributed by atoms with E-state index in [0.717, 1.165) is 13.0 Å². The molecule has 106 valence electrons. The van der Waals surface area contributed by atoms with Gasteiger partial charge in [-0.05, 0) is 37.2 Å². The lowest BCUT2D eigenvalue weighted by Gasteiger charge is -2.24. The Bertz CT molecular complexity index is 342. The van der Waals surface area contributed by atoms with Gasteiger partial charge in [0.15, 0.2) is 0 Å². The average Bonchev–Trinajstić information content (AvgIpc) is 2.66. The Morgan fingerprint density at radius 3 is 2.95 bits per heavy atom. The normalized spacial score (nSPS) is 21.2. The number of rotatable bonds is 6. The fourth-order valence-electron chi connectivity index (χ4n) is 2.65. The molecule has 1 N–H and O–H groups in total. The Morgan fingerprint density at radius 1 is 1.32 bits per heavy atom. The highest BCUT2D eigenvalue weighted by Crippen LogP contribution is 2.09. The summed E-state index contributed by atoms with van der Waals surface area (Å²) in [6.07, 6.45) is 2.43. The van der Waals surface area contributed by atoms with Crippen LogP contribution in [0.15, 0.2) is 30.3 Å². The van der Waals surface area contributed by atoms with E-state index < -0.39 is 0 Å². The summed E-state index contributed by atoms with van der Waals surface area (Å²) in [7, 11) is 0. The van der Waals surface area contributed by atoms with Gasteiger partial charge in [0.05, 0.1) is 0 Å². The van der Waals surface area contributed by atoms with Gasteiger partial charge in [-0.1, -0.05) is 37.3 Å².